The Bertz CT molecular complexity index is 427. The van der Waals surface area contributed by atoms with Crippen LogP contribution in [0.25, 0.3) is 0 Å². The van der Waals surface area contributed by atoms with E-state index in [9.17, 15) is 8.78 Å². The minimum absolute atomic E-state index is 0.176. The van der Waals surface area contributed by atoms with E-state index in [4.69, 9.17) is 14.7 Å². The van der Waals surface area contributed by atoms with Crippen LogP contribution in [0.1, 0.15) is 18.4 Å². The third kappa shape index (κ3) is 3.06. The number of hydrogen-bond acceptors (Lipinski definition) is 3. The third-order valence-corrected chi connectivity index (χ3v) is 2.36. The lowest BCUT2D eigenvalue weighted by Crippen LogP contribution is -2.13. The fourth-order valence-electron chi connectivity index (χ4n) is 1.42. The maximum absolute atomic E-state index is 13.6. The second-order valence-corrected chi connectivity index (χ2v) is 3.43. The maximum Gasteiger partial charge on any atom is 0.274 e. The normalized spacial score (nSPS) is 10.8. The Balaban J connectivity index is 3.03. The molecule has 0 fully saturated rings. The van der Waals surface area contributed by atoms with Crippen LogP contribution >= 0.6 is 0 Å². The van der Waals surface area contributed by atoms with Gasteiger partial charge in [-0.25, -0.2) is 8.78 Å². The average Bonchev–Trinajstić information content (AvgIpc) is 2.35. The number of ether oxygens (including phenoxy) is 2. The van der Waals surface area contributed by atoms with Gasteiger partial charge in [0, 0.05) is 18.4 Å². The highest BCUT2D eigenvalue weighted by atomic mass is 19.3. The molecule has 0 aliphatic heterocycles. The van der Waals surface area contributed by atoms with Crippen molar-refractivity contribution in [2.45, 2.75) is 18.8 Å². The van der Waals surface area contributed by atoms with Gasteiger partial charge < -0.3 is 9.47 Å². The van der Waals surface area contributed by atoms with Gasteiger partial charge in [-0.3, -0.25) is 0 Å². The van der Waals surface area contributed by atoms with E-state index < -0.39 is 12.3 Å². The average molecular weight is 241 g/mol. The highest BCUT2D eigenvalue weighted by Gasteiger charge is 2.31. The summed E-state index contributed by atoms with van der Waals surface area (Å²) in [6.07, 6.45) is -0.694. The van der Waals surface area contributed by atoms with E-state index in [1.54, 1.807) is 6.07 Å². The molecule has 0 aliphatic rings. The van der Waals surface area contributed by atoms with Crippen LogP contribution in [0, 0.1) is 11.3 Å². The summed E-state index contributed by atoms with van der Waals surface area (Å²) in [5.41, 5.74) is -0.176. The molecule has 92 valence electrons. The molecule has 0 saturated carbocycles. The zero-order valence-corrected chi connectivity index (χ0v) is 9.67. The molecule has 0 aromatic heterocycles. The van der Waals surface area contributed by atoms with Crippen molar-refractivity contribution < 1.29 is 18.3 Å². The Morgan fingerprint density at radius 1 is 1.24 bits per heavy atom. The van der Waals surface area contributed by atoms with Crippen LogP contribution in [0.15, 0.2) is 18.2 Å². The van der Waals surface area contributed by atoms with Crippen molar-refractivity contribution in [2.24, 2.45) is 0 Å². The Morgan fingerprint density at radius 3 is 2.41 bits per heavy atom. The quantitative estimate of drug-likeness (QED) is 0.795. The summed E-state index contributed by atoms with van der Waals surface area (Å²) >= 11 is 0. The van der Waals surface area contributed by atoms with E-state index in [1.165, 1.54) is 32.4 Å². The van der Waals surface area contributed by atoms with E-state index >= 15 is 0 Å². The molecular formula is C12H13F2NO2. The molecule has 0 heterocycles. The lowest BCUT2D eigenvalue weighted by Gasteiger charge is -2.17. The fourth-order valence-corrected chi connectivity index (χ4v) is 1.42. The number of hydrogen-bond donors (Lipinski definition) is 0. The van der Waals surface area contributed by atoms with Gasteiger partial charge in [-0.1, -0.05) is 0 Å². The molecule has 0 bridgehead atoms. The van der Waals surface area contributed by atoms with Crippen molar-refractivity contribution in [1.29, 1.82) is 5.26 Å². The van der Waals surface area contributed by atoms with E-state index in [0.717, 1.165) is 0 Å². The van der Waals surface area contributed by atoms with E-state index in [-0.39, 0.29) is 17.7 Å². The highest BCUT2D eigenvalue weighted by Crippen LogP contribution is 2.37. The number of rotatable bonds is 5. The SMILES string of the molecule is COc1ccc(C(F)(F)CCC#N)cc1OC. The first kappa shape index (κ1) is 13.2. The van der Waals surface area contributed by atoms with E-state index in [2.05, 4.69) is 0 Å². The van der Waals surface area contributed by atoms with E-state index in [1.807, 2.05) is 0 Å². The number of halogens is 2. The Kier molecular flexibility index (Phi) is 4.27. The van der Waals surface area contributed by atoms with Gasteiger partial charge in [-0.05, 0) is 18.2 Å². The van der Waals surface area contributed by atoms with Crippen molar-refractivity contribution >= 4 is 0 Å². The standard InChI is InChI=1S/C12H13F2NO2/c1-16-10-5-4-9(8-11(10)17-2)12(13,14)6-3-7-15/h4-5,8H,3,6H2,1-2H3. The number of alkyl halides is 2. The molecule has 5 heteroatoms. The van der Waals surface area contributed by atoms with Crippen molar-refractivity contribution in [3.05, 3.63) is 23.8 Å². The molecule has 0 unspecified atom stereocenters. The first-order valence-electron chi connectivity index (χ1n) is 5.02. The lowest BCUT2D eigenvalue weighted by atomic mass is 10.0. The van der Waals surface area contributed by atoms with Crippen molar-refractivity contribution in [2.75, 3.05) is 14.2 Å². The summed E-state index contributed by atoms with van der Waals surface area (Å²) in [6.45, 7) is 0. The summed E-state index contributed by atoms with van der Waals surface area (Å²) in [6, 6.07) is 5.64. The molecule has 3 nitrogen and oxygen atoms in total. The van der Waals surface area contributed by atoms with Gasteiger partial charge in [0.25, 0.3) is 5.92 Å². The number of methoxy groups -OCH3 is 2. The number of nitrogens with zero attached hydrogens (tertiary/aromatic N) is 1. The topological polar surface area (TPSA) is 42.2 Å². The second-order valence-electron chi connectivity index (χ2n) is 3.43. The molecular weight excluding hydrogens is 228 g/mol. The Hall–Kier alpha value is -1.83. The Morgan fingerprint density at radius 2 is 1.88 bits per heavy atom. The van der Waals surface area contributed by atoms with Gasteiger partial charge in [0.1, 0.15) is 0 Å². The molecule has 1 aromatic carbocycles. The molecule has 0 radical (unpaired) electrons. The molecule has 17 heavy (non-hydrogen) atoms. The van der Waals surface area contributed by atoms with Crippen LogP contribution in [-0.4, -0.2) is 14.2 Å². The molecule has 0 N–H and O–H groups in total. The summed E-state index contributed by atoms with van der Waals surface area (Å²) in [7, 11) is 2.82. The lowest BCUT2D eigenvalue weighted by molar-refractivity contribution is -0.0121. The summed E-state index contributed by atoms with van der Waals surface area (Å²) in [4.78, 5) is 0. The highest BCUT2D eigenvalue weighted by molar-refractivity contribution is 5.44. The molecule has 0 amide bonds. The van der Waals surface area contributed by atoms with Crippen LogP contribution in [0.3, 0.4) is 0 Å². The molecule has 1 aromatic rings. The molecule has 0 atom stereocenters. The second kappa shape index (κ2) is 5.48. The largest absolute Gasteiger partial charge is 0.493 e. The van der Waals surface area contributed by atoms with Crippen LogP contribution in [0.4, 0.5) is 8.78 Å². The van der Waals surface area contributed by atoms with E-state index in [0.29, 0.717) is 5.75 Å². The predicted molar refractivity (Wildman–Crippen MR) is 58.3 cm³/mol. The smallest absolute Gasteiger partial charge is 0.274 e. The van der Waals surface area contributed by atoms with Crippen LogP contribution < -0.4 is 9.47 Å². The van der Waals surface area contributed by atoms with Gasteiger partial charge in [-0.15, -0.1) is 0 Å². The fraction of sp³-hybridized carbons (Fsp3) is 0.417. The van der Waals surface area contributed by atoms with Gasteiger partial charge >= 0.3 is 0 Å². The zero-order valence-electron chi connectivity index (χ0n) is 9.67. The van der Waals surface area contributed by atoms with Crippen LogP contribution in [-0.2, 0) is 5.92 Å². The van der Waals surface area contributed by atoms with Crippen molar-refractivity contribution in [3.8, 4) is 17.6 Å². The zero-order chi connectivity index (χ0) is 12.9. The summed E-state index contributed by atoms with van der Waals surface area (Å²) < 4.78 is 37.2. The monoisotopic (exact) mass is 241 g/mol. The predicted octanol–water partition coefficient (Wildman–Crippen LogP) is 3.10. The summed E-state index contributed by atoms with van der Waals surface area (Å²) in [5.74, 6) is -2.39. The van der Waals surface area contributed by atoms with Gasteiger partial charge in [-0.2, -0.15) is 5.26 Å². The van der Waals surface area contributed by atoms with Crippen molar-refractivity contribution in [1.82, 2.24) is 0 Å². The van der Waals surface area contributed by atoms with Gasteiger partial charge in [0.15, 0.2) is 11.5 Å². The van der Waals surface area contributed by atoms with Crippen molar-refractivity contribution in [3.63, 3.8) is 0 Å². The molecule has 1 rings (SSSR count). The number of benzene rings is 1. The third-order valence-electron chi connectivity index (χ3n) is 2.36. The minimum Gasteiger partial charge on any atom is -0.493 e. The molecule has 0 spiro atoms. The molecule has 0 saturated heterocycles. The number of nitriles is 1. The Labute approximate surface area is 98.6 Å². The summed E-state index contributed by atoms with van der Waals surface area (Å²) in [5, 5.41) is 8.33. The maximum atomic E-state index is 13.6. The first-order valence-corrected chi connectivity index (χ1v) is 5.02. The van der Waals surface area contributed by atoms with Gasteiger partial charge in [0.2, 0.25) is 0 Å². The van der Waals surface area contributed by atoms with Crippen LogP contribution in [0.5, 0.6) is 11.5 Å². The van der Waals surface area contributed by atoms with Crippen LogP contribution in [0.2, 0.25) is 0 Å². The minimum atomic E-state index is -3.03. The first-order chi connectivity index (χ1) is 8.05. The van der Waals surface area contributed by atoms with Gasteiger partial charge in [0.05, 0.1) is 20.3 Å². The molecule has 0 aliphatic carbocycles.